The maximum atomic E-state index is 12.2. The molecule has 0 unspecified atom stereocenters. The van der Waals surface area contributed by atoms with E-state index in [0.717, 1.165) is 16.8 Å². The lowest BCUT2D eigenvalue weighted by Gasteiger charge is -2.13. The van der Waals surface area contributed by atoms with Gasteiger partial charge in [0, 0.05) is 11.8 Å². The lowest BCUT2D eigenvalue weighted by Crippen LogP contribution is -2.22. The Balaban J connectivity index is 2.01. The van der Waals surface area contributed by atoms with Crippen molar-refractivity contribution in [2.45, 2.75) is 13.8 Å². The molecule has 0 bridgehead atoms. The van der Waals surface area contributed by atoms with Gasteiger partial charge >= 0.3 is 0 Å². The Bertz CT molecular complexity index is 724. The molecule has 128 valence electrons. The summed E-state index contributed by atoms with van der Waals surface area (Å²) in [4.78, 5) is 12.2. The molecule has 0 aliphatic carbocycles. The summed E-state index contributed by atoms with van der Waals surface area (Å²) < 4.78 is 10.4. The van der Waals surface area contributed by atoms with Crippen molar-refractivity contribution in [3.63, 3.8) is 0 Å². The van der Waals surface area contributed by atoms with Crippen molar-refractivity contribution in [2.24, 2.45) is 0 Å². The molecule has 5 nitrogen and oxygen atoms in total. The van der Waals surface area contributed by atoms with Gasteiger partial charge in [-0.3, -0.25) is 4.79 Å². The van der Waals surface area contributed by atoms with E-state index in [2.05, 4.69) is 10.6 Å². The first-order chi connectivity index (χ1) is 11.4. The number of hydrogen-bond donors (Lipinski definition) is 2. The SMILES string of the molecule is COc1ccc(NCC(=O)Nc2c(C)cc(C)cc2Cl)cc1OC. The molecule has 2 rings (SSSR count). The van der Waals surface area contributed by atoms with Gasteiger partial charge in [-0.25, -0.2) is 0 Å². The predicted molar refractivity (Wildman–Crippen MR) is 97.6 cm³/mol. The van der Waals surface area contributed by atoms with E-state index >= 15 is 0 Å². The van der Waals surface area contributed by atoms with Crippen molar-refractivity contribution in [3.05, 3.63) is 46.5 Å². The van der Waals surface area contributed by atoms with E-state index in [0.29, 0.717) is 22.2 Å². The third-order valence-electron chi connectivity index (χ3n) is 3.53. The molecule has 0 aliphatic rings. The standard InChI is InChI=1S/C18H21ClN2O3/c1-11-7-12(2)18(14(19)8-11)21-17(22)10-20-13-5-6-15(23-3)16(9-13)24-4/h5-9,20H,10H2,1-4H3,(H,21,22). The normalized spacial score (nSPS) is 10.2. The van der Waals surface area contributed by atoms with Crippen LogP contribution in [-0.2, 0) is 4.79 Å². The summed E-state index contributed by atoms with van der Waals surface area (Å²) >= 11 is 6.20. The van der Waals surface area contributed by atoms with Crippen LogP contribution in [0, 0.1) is 13.8 Å². The fourth-order valence-corrected chi connectivity index (χ4v) is 2.75. The second-order valence-electron chi connectivity index (χ2n) is 5.41. The zero-order valence-electron chi connectivity index (χ0n) is 14.2. The third kappa shape index (κ3) is 4.32. The third-order valence-corrected chi connectivity index (χ3v) is 3.83. The van der Waals surface area contributed by atoms with Gasteiger partial charge in [-0.1, -0.05) is 17.7 Å². The molecule has 0 spiro atoms. The summed E-state index contributed by atoms with van der Waals surface area (Å²) in [6.45, 7) is 3.98. The number of rotatable bonds is 6. The molecule has 0 aromatic heterocycles. The van der Waals surface area contributed by atoms with Crippen molar-refractivity contribution in [3.8, 4) is 11.5 Å². The van der Waals surface area contributed by atoms with Crippen LogP contribution in [-0.4, -0.2) is 26.7 Å². The highest BCUT2D eigenvalue weighted by atomic mass is 35.5. The fourth-order valence-electron chi connectivity index (χ4n) is 2.39. The number of benzene rings is 2. The van der Waals surface area contributed by atoms with Crippen molar-refractivity contribution < 1.29 is 14.3 Å². The Morgan fingerprint density at radius 1 is 1.08 bits per heavy atom. The lowest BCUT2D eigenvalue weighted by molar-refractivity contribution is -0.114. The number of ether oxygens (including phenoxy) is 2. The van der Waals surface area contributed by atoms with Gasteiger partial charge in [0.2, 0.25) is 5.91 Å². The van der Waals surface area contributed by atoms with Crippen LogP contribution in [0.1, 0.15) is 11.1 Å². The topological polar surface area (TPSA) is 59.6 Å². The maximum absolute atomic E-state index is 12.2. The van der Waals surface area contributed by atoms with E-state index in [4.69, 9.17) is 21.1 Å². The number of amides is 1. The summed E-state index contributed by atoms with van der Waals surface area (Å²) in [6.07, 6.45) is 0. The molecule has 6 heteroatoms. The summed E-state index contributed by atoms with van der Waals surface area (Å²) in [5, 5.41) is 6.42. The minimum Gasteiger partial charge on any atom is -0.493 e. The van der Waals surface area contributed by atoms with Crippen molar-refractivity contribution in [1.82, 2.24) is 0 Å². The number of carbonyl (C=O) groups is 1. The highest BCUT2D eigenvalue weighted by Gasteiger charge is 2.10. The fraction of sp³-hybridized carbons (Fsp3) is 0.278. The molecule has 2 N–H and O–H groups in total. The van der Waals surface area contributed by atoms with Gasteiger partial charge in [-0.2, -0.15) is 0 Å². The van der Waals surface area contributed by atoms with Crippen molar-refractivity contribution in [2.75, 3.05) is 31.4 Å². The van der Waals surface area contributed by atoms with Crippen LogP contribution in [0.3, 0.4) is 0 Å². The number of anilines is 2. The second kappa shape index (κ2) is 7.93. The van der Waals surface area contributed by atoms with Gasteiger partial charge in [-0.05, 0) is 43.2 Å². The van der Waals surface area contributed by atoms with Gasteiger partial charge in [-0.15, -0.1) is 0 Å². The van der Waals surface area contributed by atoms with Gasteiger partial charge in [0.15, 0.2) is 11.5 Å². The molecular formula is C18H21ClN2O3. The van der Waals surface area contributed by atoms with E-state index in [1.807, 2.05) is 32.0 Å². The van der Waals surface area contributed by atoms with Crippen LogP contribution in [0.15, 0.2) is 30.3 Å². The van der Waals surface area contributed by atoms with E-state index in [1.165, 1.54) is 0 Å². The van der Waals surface area contributed by atoms with E-state index in [9.17, 15) is 4.79 Å². The predicted octanol–water partition coefficient (Wildman–Crippen LogP) is 4.02. The van der Waals surface area contributed by atoms with E-state index < -0.39 is 0 Å². The quantitative estimate of drug-likeness (QED) is 0.827. The zero-order chi connectivity index (χ0) is 17.7. The number of hydrogen-bond acceptors (Lipinski definition) is 4. The first-order valence-electron chi connectivity index (χ1n) is 7.47. The zero-order valence-corrected chi connectivity index (χ0v) is 15.0. The molecule has 0 heterocycles. The van der Waals surface area contributed by atoms with Crippen LogP contribution in [0.4, 0.5) is 11.4 Å². The van der Waals surface area contributed by atoms with Gasteiger partial charge < -0.3 is 20.1 Å². The molecule has 0 radical (unpaired) electrons. The first-order valence-corrected chi connectivity index (χ1v) is 7.85. The van der Waals surface area contributed by atoms with E-state index in [-0.39, 0.29) is 12.5 Å². The highest BCUT2D eigenvalue weighted by molar-refractivity contribution is 6.34. The molecule has 2 aromatic carbocycles. The Hall–Kier alpha value is -2.40. The molecule has 0 saturated carbocycles. The summed E-state index contributed by atoms with van der Waals surface area (Å²) in [5.74, 6) is 1.05. The molecule has 0 saturated heterocycles. The van der Waals surface area contributed by atoms with Crippen LogP contribution in [0.25, 0.3) is 0 Å². The number of nitrogens with one attached hydrogen (secondary N) is 2. The Labute approximate surface area is 146 Å². The van der Waals surface area contributed by atoms with Crippen LogP contribution in [0.2, 0.25) is 5.02 Å². The number of aryl methyl sites for hydroxylation is 2. The Kier molecular flexibility index (Phi) is 5.93. The Morgan fingerprint density at radius 2 is 1.79 bits per heavy atom. The summed E-state index contributed by atoms with van der Waals surface area (Å²) in [5.41, 5.74) is 3.38. The first kappa shape index (κ1) is 17.9. The Morgan fingerprint density at radius 3 is 2.42 bits per heavy atom. The molecular weight excluding hydrogens is 328 g/mol. The summed E-state index contributed by atoms with van der Waals surface area (Å²) in [7, 11) is 3.14. The van der Waals surface area contributed by atoms with Crippen molar-refractivity contribution in [1.29, 1.82) is 0 Å². The van der Waals surface area contributed by atoms with Gasteiger partial charge in [0.25, 0.3) is 0 Å². The molecule has 0 aliphatic heterocycles. The minimum atomic E-state index is -0.182. The molecule has 0 fully saturated rings. The van der Waals surface area contributed by atoms with Gasteiger partial charge in [0.05, 0.1) is 31.5 Å². The molecule has 2 aromatic rings. The number of methoxy groups -OCH3 is 2. The van der Waals surface area contributed by atoms with Gasteiger partial charge in [0.1, 0.15) is 0 Å². The number of halogens is 1. The van der Waals surface area contributed by atoms with Crippen LogP contribution in [0.5, 0.6) is 11.5 Å². The number of carbonyl (C=O) groups excluding carboxylic acids is 1. The lowest BCUT2D eigenvalue weighted by atomic mass is 10.1. The van der Waals surface area contributed by atoms with Crippen LogP contribution >= 0.6 is 11.6 Å². The molecule has 1 amide bonds. The van der Waals surface area contributed by atoms with Crippen molar-refractivity contribution >= 4 is 28.9 Å². The largest absolute Gasteiger partial charge is 0.493 e. The molecule has 24 heavy (non-hydrogen) atoms. The minimum absolute atomic E-state index is 0.110. The average molecular weight is 349 g/mol. The summed E-state index contributed by atoms with van der Waals surface area (Å²) in [6, 6.07) is 9.17. The smallest absolute Gasteiger partial charge is 0.243 e. The molecule has 0 atom stereocenters. The monoisotopic (exact) mass is 348 g/mol. The highest BCUT2D eigenvalue weighted by Crippen LogP contribution is 2.30. The van der Waals surface area contributed by atoms with Crippen LogP contribution < -0.4 is 20.1 Å². The second-order valence-corrected chi connectivity index (χ2v) is 5.82. The average Bonchev–Trinajstić information content (AvgIpc) is 2.55. The van der Waals surface area contributed by atoms with E-state index in [1.54, 1.807) is 26.4 Å². The maximum Gasteiger partial charge on any atom is 0.243 e.